The maximum atomic E-state index is 14.6. The summed E-state index contributed by atoms with van der Waals surface area (Å²) in [5, 5.41) is 15.4. The van der Waals surface area contributed by atoms with Crippen LogP contribution < -0.4 is 22.1 Å². The number of nitrogens with two attached hydrogens (primary N) is 2. The Morgan fingerprint density at radius 1 is 0.905 bits per heavy atom. The predicted octanol–water partition coefficient (Wildman–Crippen LogP) is 7.56. The zero-order valence-electron chi connectivity index (χ0n) is 34.3. The summed E-state index contributed by atoms with van der Waals surface area (Å²) in [5.41, 5.74) is 11.6. The molecule has 14 nitrogen and oxygen atoms in total. The van der Waals surface area contributed by atoms with Gasteiger partial charge in [-0.25, -0.2) is 9.59 Å². The number of primary amides is 1. The molecule has 6 N–H and O–H groups in total. The van der Waals surface area contributed by atoms with Crippen LogP contribution in [0.15, 0.2) is 97.1 Å². The Hall–Kier alpha value is -6.64. The molecule has 0 spiro atoms. The fourth-order valence-corrected chi connectivity index (χ4v) is 7.63. The van der Waals surface area contributed by atoms with Gasteiger partial charge in [-0.15, -0.1) is 0 Å². The van der Waals surface area contributed by atoms with E-state index in [2.05, 4.69) is 10.6 Å². The average molecular weight is 890 g/mol. The lowest BCUT2D eigenvalue weighted by molar-refractivity contribution is -0.142. The first-order valence-electron chi connectivity index (χ1n) is 20.0. The second-order valence-corrected chi connectivity index (χ2v) is 15.4. The van der Waals surface area contributed by atoms with Gasteiger partial charge in [0, 0.05) is 53.4 Å². The Balaban J connectivity index is 1.49. The second kappa shape index (κ2) is 21.4. The summed E-state index contributed by atoms with van der Waals surface area (Å²) >= 11 is 6.53. The third-order valence-corrected chi connectivity index (χ3v) is 11.3. The van der Waals surface area contributed by atoms with E-state index in [0.717, 1.165) is 36.2 Å². The van der Waals surface area contributed by atoms with Crippen molar-refractivity contribution in [2.75, 3.05) is 36.9 Å². The summed E-state index contributed by atoms with van der Waals surface area (Å²) in [6.45, 7) is 1.26. The molecule has 332 valence electrons. The Morgan fingerprint density at radius 2 is 1.51 bits per heavy atom. The molecule has 2 atom stereocenters. The van der Waals surface area contributed by atoms with Crippen LogP contribution in [0.1, 0.15) is 66.5 Å². The molecule has 1 aliphatic rings. The first-order valence-corrected chi connectivity index (χ1v) is 20.4. The Bertz CT molecular complexity index is 2300. The largest absolute Gasteiger partial charge is 0.449 e. The van der Waals surface area contributed by atoms with Gasteiger partial charge in [0.25, 0.3) is 0 Å². The molecule has 0 aliphatic carbocycles. The van der Waals surface area contributed by atoms with Crippen LogP contribution in [-0.2, 0) is 43.0 Å². The molecule has 63 heavy (non-hydrogen) atoms. The van der Waals surface area contributed by atoms with E-state index in [-0.39, 0.29) is 74.6 Å². The van der Waals surface area contributed by atoms with Crippen molar-refractivity contribution in [3.63, 3.8) is 0 Å². The minimum absolute atomic E-state index is 0.0119. The molecule has 0 radical (unpaired) electrons. The van der Waals surface area contributed by atoms with E-state index < -0.39 is 59.9 Å². The lowest BCUT2D eigenvalue weighted by Gasteiger charge is -2.45. The van der Waals surface area contributed by atoms with Gasteiger partial charge in [0.2, 0.25) is 17.7 Å². The summed E-state index contributed by atoms with van der Waals surface area (Å²) in [6, 6.07) is 24.2. The standard InChI is InChI=1S/C45H47ClF3N7O7/c1-2-29-11-15-33(16-12-29)54-43(61)63-37(19-20-38(57)56(27-31-8-4-6-10-36(31)46)40(41(52)59)35-9-5-3-7-30(35)25-50)44(21-23-55(24-22-44)39(58)26-51)28-62-42(60)53-34-17-13-32(14-18-34)45(47,48)49/h3-18,37,40H,2,19-24,26-28,51H2,1H3,(H2,52,59)(H,53,60)(H,54,61). The van der Waals surface area contributed by atoms with Crippen molar-refractivity contribution in [3.05, 3.63) is 130 Å². The van der Waals surface area contributed by atoms with Crippen molar-refractivity contribution in [3.8, 4) is 6.07 Å². The van der Waals surface area contributed by atoms with Crippen molar-refractivity contribution < 1.29 is 46.6 Å². The highest BCUT2D eigenvalue weighted by molar-refractivity contribution is 6.31. The van der Waals surface area contributed by atoms with Crippen LogP contribution in [0.5, 0.6) is 0 Å². The van der Waals surface area contributed by atoms with Gasteiger partial charge in [-0.1, -0.05) is 67.1 Å². The van der Waals surface area contributed by atoms with Crippen LogP contribution in [0.25, 0.3) is 0 Å². The number of amides is 5. The summed E-state index contributed by atoms with van der Waals surface area (Å²) < 4.78 is 51.4. The number of nitriles is 1. The monoisotopic (exact) mass is 889 g/mol. The molecule has 1 saturated heterocycles. The molecular formula is C45H47ClF3N7O7. The molecule has 0 saturated carbocycles. The van der Waals surface area contributed by atoms with Gasteiger partial charge in [0.15, 0.2) is 0 Å². The van der Waals surface area contributed by atoms with Crippen molar-refractivity contribution >= 4 is 52.9 Å². The number of anilines is 2. The Morgan fingerprint density at radius 3 is 2.10 bits per heavy atom. The highest BCUT2D eigenvalue weighted by Gasteiger charge is 2.46. The van der Waals surface area contributed by atoms with Crippen LogP contribution in [0.3, 0.4) is 0 Å². The van der Waals surface area contributed by atoms with Gasteiger partial charge in [-0.2, -0.15) is 18.4 Å². The minimum Gasteiger partial charge on any atom is -0.449 e. The number of nitrogens with zero attached hydrogens (tertiary/aromatic N) is 3. The van der Waals surface area contributed by atoms with Gasteiger partial charge >= 0.3 is 18.4 Å². The molecule has 4 aromatic carbocycles. The highest BCUT2D eigenvalue weighted by Crippen LogP contribution is 2.41. The number of halogens is 4. The summed E-state index contributed by atoms with van der Waals surface area (Å²) in [5.74, 6) is -1.92. The summed E-state index contributed by atoms with van der Waals surface area (Å²) in [7, 11) is 0. The zero-order chi connectivity index (χ0) is 45.7. The van der Waals surface area contributed by atoms with E-state index in [0.29, 0.717) is 16.3 Å². The number of aryl methyl sites for hydroxylation is 1. The van der Waals surface area contributed by atoms with Crippen LogP contribution in [-0.4, -0.2) is 72.1 Å². The van der Waals surface area contributed by atoms with Crippen LogP contribution in [0, 0.1) is 16.7 Å². The van der Waals surface area contributed by atoms with E-state index >= 15 is 0 Å². The van der Waals surface area contributed by atoms with E-state index in [1.165, 1.54) is 21.9 Å². The quantitative estimate of drug-likeness (QED) is 0.0873. The fraction of sp³-hybridized carbons (Fsp3) is 0.333. The molecule has 1 aliphatic heterocycles. The van der Waals surface area contributed by atoms with Gasteiger partial charge in [0.1, 0.15) is 18.8 Å². The molecule has 1 heterocycles. The number of benzene rings is 4. The van der Waals surface area contributed by atoms with Gasteiger partial charge in [-0.3, -0.25) is 25.0 Å². The number of likely N-dealkylation sites (tertiary alicyclic amines) is 1. The number of ether oxygens (including phenoxy) is 2. The fourth-order valence-electron chi connectivity index (χ4n) is 7.43. The third kappa shape index (κ3) is 12.5. The molecule has 5 amide bonds. The van der Waals surface area contributed by atoms with Gasteiger partial charge in [-0.05, 0) is 85.3 Å². The third-order valence-electron chi connectivity index (χ3n) is 11.0. The van der Waals surface area contributed by atoms with Crippen molar-refractivity contribution in [2.45, 2.75) is 63.9 Å². The average Bonchev–Trinajstić information content (AvgIpc) is 3.27. The number of hydrogen-bond donors (Lipinski definition) is 4. The van der Waals surface area contributed by atoms with E-state index in [1.54, 1.807) is 48.5 Å². The highest BCUT2D eigenvalue weighted by atomic mass is 35.5. The molecule has 18 heteroatoms. The van der Waals surface area contributed by atoms with E-state index in [1.807, 2.05) is 25.1 Å². The maximum absolute atomic E-state index is 14.6. The first kappa shape index (κ1) is 47.4. The lowest BCUT2D eigenvalue weighted by Crippen LogP contribution is -2.53. The number of rotatable bonds is 16. The topological polar surface area (TPSA) is 210 Å². The number of carbonyl (C=O) groups excluding carboxylic acids is 5. The number of piperidine rings is 1. The van der Waals surface area contributed by atoms with Gasteiger partial charge in [0.05, 0.1) is 23.7 Å². The van der Waals surface area contributed by atoms with Gasteiger partial charge < -0.3 is 30.7 Å². The second-order valence-electron chi connectivity index (χ2n) is 14.9. The van der Waals surface area contributed by atoms with Crippen LogP contribution in [0.2, 0.25) is 5.02 Å². The van der Waals surface area contributed by atoms with E-state index in [9.17, 15) is 42.4 Å². The minimum atomic E-state index is -4.60. The van der Waals surface area contributed by atoms with Crippen molar-refractivity contribution in [1.82, 2.24) is 9.80 Å². The molecule has 5 rings (SSSR count). The first-order chi connectivity index (χ1) is 30.1. The molecular weight excluding hydrogens is 843 g/mol. The number of carbonyl (C=O) groups is 5. The molecule has 0 bridgehead atoms. The smallest absolute Gasteiger partial charge is 0.416 e. The number of nitrogens with one attached hydrogen (secondary N) is 2. The lowest BCUT2D eigenvalue weighted by atomic mass is 9.72. The molecule has 1 fully saturated rings. The van der Waals surface area contributed by atoms with Crippen LogP contribution >= 0.6 is 11.6 Å². The number of hydrogen-bond acceptors (Lipinski definition) is 9. The summed E-state index contributed by atoms with van der Waals surface area (Å²) in [4.78, 5) is 70.3. The number of alkyl halides is 3. The SMILES string of the molecule is CCc1ccc(NC(=O)OC(CCC(=O)N(Cc2ccccc2Cl)C(C(N)=O)c2ccccc2C#N)C2(COC(=O)Nc3ccc(C(F)(F)F)cc3)CCN(C(=O)CN)CC2)cc1. The van der Waals surface area contributed by atoms with Crippen LogP contribution in [0.4, 0.5) is 34.1 Å². The van der Waals surface area contributed by atoms with Crippen molar-refractivity contribution in [2.24, 2.45) is 16.9 Å². The Labute approximate surface area is 367 Å². The summed E-state index contributed by atoms with van der Waals surface area (Å²) in [6.07, 6.45) is -7.39. The van der Waals surface area contributed by atoms with Crippen molar-refractivity contribution in [1.29, 1.82) is 5.26 Å². The zero-order valence-corrected chi connectivity index (χ0v) is 35.1. The Kier molecular flexibility index (Phi) is 16.1. The van der Waals surface area contributed by atoms with E-state index in [4.69, 9.17) is 32.5 Å². The maximum Gasteiger partial charge on any atom is 0.416 e. The predicted molar refractivity (Wildman–Crippen MR) is 228 cm³/mol. The molecule has 0 aromatic heterocycles. The molecule has 2 unspecified atom stereocenters. The normalized spacial score (nSPS) is 14.3. The molecule has 4 aromatic rings.